The zero-order valence-corrected chi connectivity index (χ0v) is 9.90. The maximum absolute atomic E-state index is 13.2. The minimum Gasteiger partial charge on any atom is -0.464 e. The molecule has 0 fully saturated rings. The lowest BCUT2D eigenvalue weighted by Crippen LogP contribution is -2.47. The van der Waals surface area contributed by atoms with Gasteiger partial charge in [-0.2, -0.15) is 0 Å². The largest absolute Gasteiger partial charge is 0.464 e. The fraction of sp³-hybridized carbons (Fsp3) is 0.385. The second kappa shape index (κ2) is 4.47. The van der Waals surface area contributed by atoms with Gasteiger partial charge in [-0.15, -0.1) is 0 Å². The van der Waals surface area contributed by atoms with E-state index >= 15 is 0 Å². The summed E-state index contributed by atoms with van der Waals surface area (Å²) in [4.78, 5) is 0. The first-order valence-electron chi connectivity index (χ1n) is 5.55. The van der Waals surface area contributed by atoms with E-state index in [4.69, 9.17) is 4.42 Å². The molecule has 0 aliphatic heterocycles. The van der Waals surface area contributed by atoms with Gasteiger partial charge in [0.05, 0.1) is 6.26 Å². The van der Waals surface area contributed by atoms with E-state index in [1.807, 2.05) is 12.1 Å². The molecule has 4 heteroatoms. The highest BCUT2D eigenvalue weighted by Gasteiger charge is 2.35. The molecule has 0 saturated heterocycles. The Morgan fingerprint density at radius 1 is 1.47 bits per heavy atom. The summed E-state index contributed by atoms with van der Waals surface area (Å²) >= 11 is 0. The van der Waals surface area contributed by atoms with Crippen molar-refractivity contribution in [2.45, 2.75) is 18.6 Å². The molecule has 3 nitrogen and oxygen atoms in total. The van der Waals surface area contributed by atoms with Gasteiger partial charge in [0.25, 0.3) is 0 Å². The van der Waals surface area contributed by atoms with E-state index in [2.05, 4.69) is 5.32 Å². The zero-order chi connectivity index (χ0) is 12.5. The predicted molar refractivity (Wildman–Crippen MR) is 64.6 cm³/mol. The number of furan rings is 1. The third-order valence-electron chi connectivity index (χ3n) is 3.31. The number of halogens is 1. The van der Waals surface area contributed by atoms with Gasteiger partial charge in [0.2, 0.25) is 0 Å². The molecule has 0 saturated carbocycles. The SMILES string of the molecule is CN[C@@H](C)[C@](O)(CF)c1ccc2ccoc2c1. The van der Waals surface area contributed by atoms with Crippen LogP contribution in [0.2, 0.25) is 0 Å². The highest BCUT2D eigenvalue weighted by molar-refractivity contribution is 5.77. The van der Waals surface area contributed by atoms with E-state index in [0.717, 1.165) is 5.39 Å². The minimum absolute atomic E-state index is 0.389. The predicted octanol–water partition coefficient (Wildman–Crippen LogP) is 2.20. The maximum atomic E-state index is 13.2. The molecule has 0 unspecified atom stereocenters. The third-order valence-corrected chi connectivity index (χ3v) is 3.31. The number of nitrogens with one attached hydrogen (secondary N) is 1. The Labute approximate surface area is 99.2 Å². The first kappa shape index (κ1) is 12.1. The molecule has 0 spiro atoms. The van der Waals surface area contributed by atoms with Gasteiger partial charge in [0.15, 0.2) is 0 Å². The minimum atomic E-state index is -1.53. The van der Waals surface area contributed by atoms with Gasteiger partial charge >= 0.3 is 0 Å². The number of alkyl halides is 1. The fourth-order valence-corrected chi connectivity index (χ4v) is 1.91. The molecule has 0 aliphatic rings. The molecule has 0 bridgehead atoms. The standard InChI is InChI=1S/C13H16FNO2/c1-9(15-2)13(16,8-14)11-4-3-10-5-6-17-12(10)7-11/h3-7,9,15-16H,8H2,1-2H3/t9-,13+/m0/s1. The Hall–Kier alpha value is -1.39. The van der Waals surface area contributed by atoms with Gasteiger partial charge in [-0.25, -0.2) is 4.39 Å². The van der Waals surface area contributed by atoms with Crippen LogP contribution in [0.5, 0.6) is 0 Å². The summed E-state index contributed by atoms with van der Waals surface area (Å²) < 4.78 is 18.4. The summed E-state index contributed by atoms with van der Waals surface area (Å²) in [5.74, 6) is 0. The smallest absolute Gasteiger partial charge is 0.134 e. The summed E-state index contributed by atoms with van der Waals surface area (Å²) in [6, 6.07) is 6.67. The van der Waals surface area contributed by atoms with Crippen molar-refractivity contribution in [3.8, 4) is 0 Å². The molecule has 1 aromatic heterocycles. The monoisotopic (exact) mass is 237 g/mol. The van der Waals surface area contributed by atoms with Crippen LogP contribution < -0.4 is 5.32 Å². The molecule has 0 amide bonds. The number of fused-ring (bicyclic) bond motifs is 1. The van der Waals surface area contributed by atoms with E-state index in [0.29, 0.717) is 11.1 Å². The van der Waals surface area contributed by atoms with Crippen LogP contribution in [0.4, 0.5) is 4.39 Å². The van der Waals surface area contributed by atoms with E-state index in [1.165, 1.54) is 0 Å². The molecule has 1 aromatic carbocycles. The lowest BCUT2D eigenvalue weighted by Gasteiger charge is -2.31. The van der Waals surface area contributed by atoms with Crippen molar-refractivity contribution < 1.29 is 13.9 Å². The van der Waals surface area contributed by atoms with Crippen LogP contribution >= 0.6 is 0 Å². The van der Waals surface area contributed by atoms with Crippen molar-refractivity contribution >= 4 is 11.0 Å². The van der Waals surface area contributed by atoms with Gasteiger partial charge < -0.3 is 14.8 Å². The van der Waals surface area contributed by atoms with E-state index < -0.39 is 12.3 Å². The molecule has 92 valence electrons. The Morgan fingerprint density at radius 3 is 2.88 bits per heavy atom. The van der Waals surface area contributed by atoms with Crippen molar-refractivity contribution in [3.63, 3.8) is 0 Å². The first-order chi connectivity index (χ1) is 8.11. The maximum Gasteiger partial charge on any atom is 0.134 e. The number of likely N-dealkylation sites (N-methyl/N-ethyl adjacent to an activating group) is 1. The summed E-state index contributed by atoms with van der Waals surface area (Å²) in [5, 5.41) is 14.2. The van der Waals surface area contributed by atoms with Crippen LogP contribution in [0.15, 0.2) is 34.9 Å². The number of hydrogen-bond donors (Lipinski definition) is 2. The van der Waals surface area contributed by atoms with Gasteiger partial charge in [-0.3, -0.25) is 0 Å². The average molecular weight is 237 g/mol. The number of aliphatic hydroxyl groups is 1. The zero-order valence-electron chi connectivity index (χ0n) is 9.90. The van der Waals surface area contributed by atoms with Crippen LogP contribution in [0.25, 0.3) is 11.0 Å². The quantitative estimate of drug-likeness (QED) is 0.856. The van der Waals surface area contributed by atoms with Crippen molar-refractivity contribution in [1.82, 2.24) is 5.32 Å². The van der Waals surface area contributed by atoms with Crippen molar-refractivity contribution in [2.24, 2.45) is 0 Å². The van der Waals surface area contributed by atoms with Gasteiger partial charge in [-0.05, 0) is 31.7 Å². The molecule has 0 radical (unpaired) electrons. The summed E-state index contributed by atoms with van der Waals surface area (Å²) in [7, 11) is 1.69. The molecule has 2 aromatic rings. The Balaban J connectivity index is 2.48. The van der Waals surface area contributed by atoms with Crippen molar-refractivity contribution in [2.75, 3.05) is 13.7 Å². The second-order valence-corrected chi connectivity index (χ2v) is 4.24. The van der Waals surface area contributed by atoms with E-state index in [1.54, 1.807) is 32.4 Å². The van der Waals surface area contributed by atoms with E-state index in [9.17, 15) is 9.50 Å². The molecular formula is C13H16FNO2. The number of rotatable bonds is 4. The van der Waals surface area contributed by atoms with Crippen LogP contribution in [0.1, 0.15) is 12.5 Å². The van der Waals surface area contributed by atoms with Crippen LogP contribution in [0.3, 0.4) is 0 Å². The topological polar surface area (TPSA) is 45.4 Å². The summed E-state index contributed by atoms with van der Waals surface area (Å²) in [6.07, 6.45) is 1.57. The molecule has 2 rings (SSSR count). The highest BCUT2D eigenvalue weighted by Crippen LogP contribution is 2.29. The molecular weight excluding hydrogens is 221 g/mol. The molecule has 2 atom stereocenters. The van der Waals surface area contributed by atoms with Crippen molar-refractivity contribution in [1.29, 1.82) is 0 Å². The van der Waals surface area contributed by atoms with Crippen LogP contribution in [-0.4, -0.2) is 24.9 Å². The van der Waals surface area contributed by atoms with Gasteiger partial charge in [-0.1, -0.05) is 12.1 Å². The molecule has 17 heavy (non-hydrogen) atoms. The fourth-order valence-electron chi connectivity index (χ4n) is 1.91. The molecule has 0 aliphatic carbocycles. The normalized spacial score (nSPS) is 16.9. The van der Waals surface area contributed by atoms with Crippen molar-refractivity contribution in [3.05, 3.63) is 36.1 Å². The second-order valence-electron chi connectivity index (χ2n) is 4.24. The van der Waals surface area contributed by atoms with Crippen LogP contribution in [-0.2, 0) is 5.60 Å². The first-order valence-corrected chi connectivity index (χ1v) is 5.55. The lowest BCUT2D eigenvalue weighted by molar-refractivity contribution is -0.0173. The van der Waals surface area contributed by atoms with Gasteiger partial charge in [0, 0.05) is 11.4 Å². The average Bonchev–Trinajstić information content (AvgIpc) is 2.83. The van der Waals surface area contributed by atoms with E-state index in [-0.39, 0.29) is 6.04 Å². The van der Waals surface area contributed by atoms with Crippen LogP contribution in [0, 0.1) is 0 Å². The summed E-state index contributed by atoms with van der Waals surface area (Å²) in [6.45, 7) is 0.896. The third kappa shape index (κ3) is 1.94. The highest BCUT2D eigenvalue weighted by atomic mass is 19.1. The number of benzene rings is 1. The van der Waals surface area contributed by atoms with Gasteiger partial charge in [0.1, 0.15) is 17.9 Å². The molecule has 1 heterocycles. The number of hydrogen-bond acceptors (Lipinski definition) is 3. The Kier molecular flexibility index (Phi) is 3.17. The Bertz CT molecular complexity index is 511. The summed E-state index contributed by atoms with van der Waals surface area (Å²) in [5.41, 5.74) is -0.364. The Morgan fingerprint density at radius 2 is 2.24 bits per heavy atom. The molecule has 2 N–H and O–H groups in total. The lowest BCUT2D eigenvalue weighted by atomic mass is 9.88.